The first-order valence-electron chi connectivity index (χ1n) is 10.9. The number of nitrogens with one attached hydrogen (secondary N) is 1. The Kier molecular flexibility index (Phi) is 5.37. The number of hydrogen-bond acceptors (Lipinski definition) is 5. The predicted octanol–water partition coefficient (Wildman–Crippen LogP) is 4.67. The molecule has 0 radical (unpaired) electrons. The predicted molar refractivity (Wildman–Crippen MR) is 129 cm³/mol. The largest absolute Gasteiger partial charge is 0.479 e. The van der Waals surface area contributed by atoms with Gasteiger partial charge >= 0.3 is 5.63 Å². The van der Waals surface area contributed by atoms with Gasteiger partial charge in [0.25, 0.3) is 11.8 Å². The van der Waals surface area contributed by atoms with Crippen LogP contribution in [0.5, 0.6) is 5.75 Å². The summed E-state index contributed by atoms with van der Waals surface area (Å²) < 4.78 is 11.1. The second-order valence-electron chi connectivity index (χ2n) is 8.23. The van der Waals surface area contributed by atoms with E-state index in [1.807, 2.05) is 31.2 Å². The summed E-state index contributed by atoms with van der Waals surface area (Å²) in [5.41, 5.74) is 2.65. The molecule has 0 spiro atoms. The maximum Gasteiger partial charge on any atom is 0.349 e. The number of hydrogen-bond donors (Lipinski definition) is 1. The molecule has 170 valence electrons. The fraction of sp³-hybridized carbons (Fsp3) is 0.148. The zero-order chi connectivity index (χ0) is 23.8. The molecule has 0 saturated carbocycles. The highest BCUT2D eigenvalue weighted by atomic mass is 16.5. The van der Waals surface area contributed by atoms with Crippen LogP contribution < -0.4 is 20.6 Å². The van der Waals surface area contributed by atoms with E-state index in [2.05, 4.69) is 5.32 Å². The van der Waals surface area contributed by atoms with Crippen LogP contribution in [0.3, 0.4) is 0 Å². The van der Waals surface area contributed by atoms with Crippen molar-refractivity contribution in [1.82, 2.24) is 0 Å². The Hall–Kier alpha value is -4.39. The normalized spacial score (nSPS) is 15.1. The van der Waals surface area contributed by atoms with E-state index in [1.54, 1.807) is 54.3 Å². The lowest BCUT2D eigenvalue weighted by atomic mass is 10.1. The molecule has 0 aliphatic carbocycles. The van der Waals surface area contributed by atoms with Gasteiger partial charge in [0.2, 0.25) is 0 Å². The first-order valence-corrected chi connectivity index (χ1v) is 10.9. The summed E-state index contributed by atoms with van der Waals surface area (Å²) in [5.74, 6) is -0.223. The molecule has 1 atom stereocenters. The van der Waals surface area contributed by atoms with Gasteiger partial charge in [0, 0.05) is 11.1 Å². The van der Waals surface area contributed by atoms with Gasteiger partial charge in [-0.15, -0.1) is 0 Å². The average Bonchev–Trinajstić information content (AvgIpc) is 2.83. The van der Waals surface area contributed by atoms with Crippen molar-refractivity contribution >= 4 is 34.2 Å². The van der Waals surface area contributed by atoms with Crippen LogP contribution >= 0.6 is 0 Å². The number of anilines is 2. The molecule has 0 saturated heterocycles. The average molecular weight is 454 g/mol. The fourth-order valence-corrected chi connectivity index (χ4v) is 4.02. The van der Waals surface area contributed by atoms with Gasteiger partial charge in [-0.1, -0.05) is 42.5 Å². The minimum Gasteiger partial charge on any atom is -0.479 e. The molecule has 1 N–H and O–H groups in total. The third-order valence-corrected chi connectivity index (χ3v) is 5.90. The van der Waals surface area contributed by atoms with Crippen LogP contribution in [0, 0.1) is 6.92 Å². The number of fused-ring (bicyclic) bond motifs is 2. The molecule has 4 aromatic rings. The lowest BCUT2D eigenvalue weighted by molar-refractivity contribution is -0.125. The van der Waals surface area contributed by atoms with Crippen LogP contribution in [0.25, 0.3) is 11.0 Å². The molecule has 3 aromatic carbocycles. The smallest absolute Gasteiger partial charge is 0.349 e. The summed E-state index contributed by atoms with van der Waals surface area (Å²) in [7, 11) is 0. The lowest BCUT2D eigenvalue weighted by Crippen LogP contribution is -2.44. The zero-order valence-electron chi connectivity index (χ0n) is 18.7. The summed E-state index contributed by atoms with van der Waals surface area (Å²) >= 11 is 0. The van der Waals surface area contributed by atoms with E-state index in [9.17, 15) is 14.4 Å². The molecule has 1 aromatic heterocycles. The number of benzene rings is 3. The van der Waals surface area contributed by atoms with Crippen LogP contribution in [0.2, 0.25) is 0 Å². The van der Waals surface area contributed by atoms with Gasteiger partial charge < -0.3 is 19.4 Å². The van der Waals surface area contributed by atoms with Crippen molar-refractivity contribution in [3.8, 4) is 5.75 Å². The number of aryl methyl sites for hydroxylation is 1. The van der Waals surface area contributed by atoms with Gasteiger partial charge in [-0.2, -0.15) is 0 Å². The van der Waals surface area contributed by atoms with Crippen LogP contribution in [-0.2, 0) is 11.3 Å². The van der Waals surface area contributed by atoms with Crippen molar-refractivity contribution in [2.24, 2.45) is 0 Å². The SMILES string of the molecule is Cc1ccccc1CN1C(=O)C(C)Oc2ccc(NC(=O)c3cc4ccccc4oc3=O)cc21. The van der Waals surface area contributed by atoms with E-state index in [0.29, 0.717) is 34.6 Å². The third kappa shape index (κ3) is 3.92. The standard InChI is InChI=1S/C27H22N2O5/c1-16-7-3-4-9-19(16)15-29-22-14-20(11-12-24(22)33-17(2)26(29)31)28-25(30)21-13-18-8-5-6-10-23(18)34-27(21)32/h3-14,17H,15H2,1-2H3,(H,28,30). The van der Waals surface area contributed by atoms with Crippen molar-refractivity contribution in [2.75, 3.05) is 10.2 Å². The zero-order valence-corrected chi connectivity index (χ0v) is 18.7. The van der Waals surface area contributed by atoms with Gasteiger partial charge in [-0.25, -0.2) is 4.79 Å². The number of para-hydroxylation sites is 1. The fourth-order valence-electron chi connectivity index (χ4n) is 4.02. The molecule has 2 amide bonds. The van der Waals surface area contributed by atoms with Crippen molar-refractivity contribution in [3.05, 3.63) is 99.9 Å². The monoisotopic (exact) mass is 454 g/mol. The van der Waals surface area contributed by atoms with Crippen molar-refractivity contribution < 1.29 is 18.7 Å². The van der Waals surface area contributed by atoms with E-state index in [4.69, 9.17) is 9.15 Å². The molecule has 7 heteroatoms. The minimum atomic E-state index is -0.720. The molecule has 1 aliphatic heterocycles. The Balaban J connectivity index is 1.47. The van der Waals surface area contributed by atoms with E-state index in [0.717, 1.165) is 11.1 Å². The quantitative estimate of drug-likeness (QED) is 0.453. The van der Waals surface area contributed by atoms with E-state index < -0.39 is 17.6 Å². The van der Waals surface area contributed by atoms with E-state index in [1.165, 1.54) is 6.07 Å². The summed E-state index contributed by atoms with van der Waals surface area (Å²) in [6.45, 7) is 4.08. The Morgan fingerprint density at radius 3 is 2.59 bits per heavy atom. The van der Waals surface area contributed by atoms with Crippen LogP contribution in [0.15, 0.2) is 82.0 Å². The molecular weight excluding hydrogens is 432 g/mol. The molecule has 1 aliphatic rings. The molecule has 34 heavy (non-hydrogen) atoms. The third-order valence-electron chi connectivity index (χ3n) is 5.90. The summed E-state index contributed by atoms with van der Waals surface area (Å²) in [6.07, 6.45) is -0.626. The van der Waals surface area contributed by atoms with E-state index >= 15 is 0 Å². The Bertz CT molecular complexity index is 1490. The second kappa shape index (κ2) is 8.51. The highest BCUT2D eigenvalue weighted by Crippen LogP contribution is 2.37. The van der Waals surface area contributed by atoms with Crippen LogP contribution in [-0.4, -0.2) is 17.9 Å². The second-order valence-corrected chi connectivity index (χ2v) is 8.23. The molecule has 2 heterocycles. The van der Waals surface area contributed by atoms with Gasteiger partial charge in [0.05, 0.1) is 12.2 Å². The molecular formula is C27H22N2O5. The molecule has 0 fully saturated rings. The van der Waals surface area contributed by atoms with Gasteiger partial charge in [-0.3, -0.25) is 9.59 Å². The van der Waals surface area contributed by atoms with Crippen molar-refractivity contribution in [3.63, 3.8) is 0 Å². The summed E-state index contributed by atoms with van der Waals surface area (Å²) in [6, 6.07) is 21.4. The molecule has 1 unspecified atom stereocenters. The minimum absolute atomic E-state index is 0.103. The van der Waals surface area contributed by atoms with Crippen LogP contribution in [0.4, 0.5) is 11.4 Å². The maximum atomic E-state index is 13.0. The first-order chi connectivity index (χ1) is 16.4. The van der Waals surface area contributed by atoms with Gasteiger partial charge in [0.15, 0.2) is 6.10 Å². The Morgan fingerprint density at radius 2 is 1.76 bits per heavy atom. The summed E-state index contributed by atoms with van der Waals surface area (Å²) in [4.78, 5) is 39.9. The Labute approximate surface area is 195 Å². The lowest BCUT2D eigenvalue weighted by Gasteiger charge is -2.33. The number of nitrogens with zero attached hydrogens (tertiary/aromatic N) is 1. The van der Waals surface area contributed by atoms with Gasteiger partial charge in [0.1, 0.15) is 16.9 Å². The number of rotatable bonds is 4. The number of carbonyl (C=O) groups is 2. The summed E-state index contributed by atoms with van der Waals surface area (Å²) in [5, 5.41) is 3.39. The number of ether oxygens (including phenoxy) is 1. The number of carbonyl (C=O) groups excluding carboxylic acids is 2. The highest BCUT2D eigenvalue weighted by molar-refractivity contribution is 6.06. The number of amides is 2. The highest BCUT2D eigenvalue weighted by Gasteiger charge is 2.32. The first kappa shape index (κ1) is 21.5. The van der Waals surface area contributed by atoms with Crippen molar-refractivity contribution in [2.45, 2.75) is 26.5 Å². The van der Waals surface area contributed by atoms with Crippen LogP contribution in [0.1, 0.15) is 28.4 Å². The maximum absolute atomic E-state index is 13.0. The Morgan fingerprint density at radius 1 is 1.00 bits per heavy atom. The molecule has 7 nitrogen and oxygen atoms in total. The van der Waals surface area contributed by atoms with Gasteiger partial charge in [-0.05, 0) is 55.3 Å². The van der Waals surface area contributed by atoms with E-state index in [-0.39, 0.29) is 11.5 Å². The molecule has 5 rings (SSSR count). The molecule has 0 bridgehead atoms. The topological polar surface area (TPSA) is 88.8 Å². The van der Waals surface area contributed by atoms with Crippen molar-refractivity contribution in [1.29, 1.82) is 0 Å².